The molecule has 2 saturated heterocycles. The lowest BCUT2D eigenvalue weighted by Crippen LogP contribution is -2.82. The smallest absolute Gasteiger partial charge is 0.338 e. The van der Waals surface area contributed by atoms with E-state index in [4.69, 9.17) is 28.1 Å². The van der Waals surface area contributed by atoms with E-state index in [1.54, 1.807) is 31.2 Å². The van der Waals surface area contributed by atoms with Crippen molar-refractivity contribution in [2.45, 2.75) is 161 Å². The predicted molar refractivity (Wildman–Crippen MR) is 192 cm³/mol. The second-order valence-corrected chi connectivity index (χ2v) is 21.5. The molecule has 0 aromatic heterocycles. The highest BCUT2D eigenvalue weighted by Crippen LogP contribution is 2.67. The minimum absolute atomic E-state index is 0.0329. The standard InChI is InChI=1S/C40H58O10Si/c1-11-18-29(42)47-39-23-45-28(39)21-27(50-51(12-2,13-3)14-4)38(10)32(39)34(46-35(43)25-19-16-15-17-20-25)40(44)22-26(41)24(5)30(36(40,6)7)31-33(38)49-37(8,9)48-31/h15-17,19-20,27-28,31-34,44H,11-14,18,21-23H2,1-10H3/t27-,28+,31+,32-,33+,34-,38+,39-,40+/m0/s1. The Kier molecular flexibility index (Phi) is 9.89. The highest BCUT2D eigenvalue weighted by Gasteiger charge is 2.79. The van der Waals surface area contributed by atoms with Crippen molar-refractivity contribution in [3.8, 4) is 0 Å². The molecule has 2 saturated carbocycles. The van der Waals surface area contributed by atoms with Crippen LogP contribution in [0.25, 0.3) is 0 Å². The maximum atomic E-state index is 14.3. The summed E-state index contributed by atoms with van der Waals surface area (Å²) >= 11 is 0. The largest absolute Gasteiger partial charge is 0.455 e. The number of hydrogen-bond acceptors (Lipinski definition) is 10. The maximum Gasteiger partial charge on any atom is 0.338 e. The van der Waals surface area contributed by atoms with Crippen LogP contribution in [0.2, 0.25) is 18.1 Å². The quantitative estimate of drug-likeness (QED) is 0.206. The number of aliphatic hydroxyl groups is 1. The van der Waals surface area contributed by atoms with Crippen LogP contribution < -0.4 is 0 Å². The first-order chi connectivity index (χ1) is 23.9. The van der Waals surface area contributed by atoms with Crippen molar-refractivity contribution >= 4 is 26.0 Å². The summed E-state index contributed by atoms with van der Waals surface area (Å²) in [5, 5.41) is 13.5. The monoisotopic (exact) mass is 726 g/mol. The molecule has 11 heteroatoms. The number of Topliss-reactive ketones (excluding diaryl/α,β-unsaturated/α-hetero) is 1. The Balaban J connectivity index is 1.69. The topological polar surface area (TPSA) is 127 Å². The lowest BCUT2D eigenvalue weighted by molar-refractivity contribution is -0.360. The summed E-state index contributed by atoms with van der Waals surface area (Å²) in [7, 11) is -2.34. The fourth-order valence-corrected chi connectivity index (χ4v) is 13.2. The van der Waals surface area contributed by atoms with Crippen molar-refractivity contribution in [1.82, 2.24) is 0 Å². The van der Waals surface area contributed by atoms with Crippen LogP contribution in [0.3, 0.4) is 0 Å². The minimum atomic E-state index is -2.34. The third kappa shape index (κ3) is 5.71. The molecule has 5 aliphatic rings. The van der Waals surface area contributed by atoms with Crippen LogP contribution >= 0.6 is 0 Å². The van der Waals surface area contributed by atoms with Crippen LogP contribution in [0, 0.1) is 16.7 Å². The van der Waals surface area contributed by atoms with Crippen LogP contribution in [0.15, 0.2) is 41.5 Å². The van der Waals surface area contributed by atoms with Gasteiger partial charge in [-0.2, -0.15) is 0 Å². The number of hydrogen-bond donors (Lipinski definition) is 1. The summed E-state index contributed by atoms with van der Waals surface area (Å²) in [6, 6.07) is 11.3. The molecule has 1 aromatic carbocycles. The number of ketones is 1. The zero-order valence-corrected chi connectivity index (χ0v) is 33.1. The van der Waals surface area contributed by atoms with Gasteiger partial charge in [-0.1, -0.05) is 66.7 Å². The van der Waals surface area contributed by atoms with E-state index in [1.165, 1.54) is 0 Å². The number of ether oxygens (including phenoxy) is 5. The van der Waals surface area contributed by atoms with Gasteiger partial charge in [-0.3, -0.25) is 9.59 Å². The number of esters is 2. The molecule has 2 aliphatic heterocycles. The third-order valence-electron chi connectivity index (χ3n) is 13.5. The fraction of sp³-hybridized carbons (Fsp3) is 0.725. The number of benzene rings is 1. The summed E-state index contributed by atoms with van der Waals surface area (Å²) < 4.78 is 41.0. The summed E-state index contributed by atoms with van der Waals surface area (Å²) in [6.45, 7) is 19.8. The van der Waals surface area contributed by atoms with E-state index in [0.29, 0.717) is 29.6 Å². The van der Waals surface area contributed by atoms with Gasteiger partial charge in [0.05, 0.1) is 30.3 Å². The van der Waals surface area contributed by atoms with Gasteiger partial charge < -0.3 is 33.2 Å². The molecule has 282 valence electrons. The lowest BCUT2D eigenvalue weighted by atomic mass is 9.44. The molecule has 0 spiro atoms. The van der Waals surface area contributed by atoms with Gasteiger partial charge in [0.1, 0.15) is 23.9 Å². The van der Waals surface area contributed by atoms with Gasteiger partial charge in [-0.25, -0.2) is 4.79 Å². The number of carbonyl (C=O) groups is 3. The SMILES string of the molecule is CCCC(=O)O[C@@]12CO[C@@H]1C[C@H](O[Si](CC)(CC)CC)[C@@]1(C)[C@@H]3OC(C)(C)O[C@@H]3C3=C(C)C(=O)C[C@@](O)([C@@H](OC(=O)c4ccccc4)[C@H]21)C3(C)C. The van der Waals surface area contributed by atoms with Crippen LogP contribution in [0.4, 0.5) is 0 Å². The molecule has 2 heterocycles. The van der Waals surface area contributed by atoms with E-state index in [2.05, 4.69) is 27.7 Å². The van der Waals surface area contributed by atoms with Crippen LogP contribution in [0.1, 0.15) is 105 Å². The van der Waals surface area contributed by atoms with Crippen LogP contribution in [0.5, 0.6) is 0 Å². The Labute approximate surface area is 304 Å². The van der Waals surface area contributed by atoms with E-state index in [1.807, 2.05) is 40.7 Å². The zero-order valence-electron chi connectivity index (χ0n) is 32.1. The summed E-state index contributed by atoms with van der Waals surface area (Å²) in [4.78, 5) is 42.1. The Bertz CT molecular complexity index is 1560. The Morgan fingerprint density at radius 1 is 0.980 bits per heavy atom. The molecule has 2 bridgehead atoms. The molecule has 1 N–H and O–H groups in total. The van der Waals surface area contributed by atoms with Crippen molar-refractivity contribution in [3.63, 3.8) is 0 Å². The highest BCUT2D eigenvalue weighted by molar-refractivity contribution is 6.73. The van der Waals surface area contributed by atoms with E-state index < -0.39 is 84.5 Å². The Morgan fingerprint density at radius 3 is 2.20 bits per heavy atom. The fourth-order valence-electron chi connectivity index (χ4n) is 10.2. The van der Waals surface area contributed by atoms with Crippen molar-refractivity contribution in [3.05, 3.63) is 47.0 Å². The van der Waals surface area contributed by atoms with E-state index in [9.17, 15) is 19.5 Å². The van der Waals surface area contributed by atoms with Crippen molar-refractivity contribution in [2.75, 3.05) is 6.61 Å². The van der Waals surface area contributed by atoms with Gasteiger partial charge in [-0.15, -0.1) is 0 Å². The maximum absolute atomic E-state index is 14.3. The molecule has 0 amide bonds. The normalized spacial score (nSPS) is 38.0. The van der Waals surface area contributed by atoms with Gasteiger partial charge in [0, 0.05) is 30.1 Å². The molecule has 10 nitrogen and oxygen atoms in total. The molecule has 0 radical (unpaired) electrons. The van der Waals surface area contributed by atoms with Crippen molar-refractivity contribution in [1.29, 1.82) is 0 Å². The molecule has 9 atom stereocenters. The predicted octanol–water partition coefficient (Wildman–Crippen LogP) is 6.69. The highest BCUT2D eigenvalue weighted by atomic mass is 28.4. The van der Waals surface area contributed by atoms with Gasteiger partial charge in [0.15, 0.2) is 25.5 Å². The van der Waals surface area contributed by atoms with Crippen LogP contribution in [-0.4, -0.2) is 85.3 Å². The lowest BCUT2D eigenvalue weighted by Gasteiger charge is -2.69. The molecule has 51 heavy (non-hydrogen) atoms. The van der Waals surface area contributed by atoms with Crippen molar-refractivity contribution < 1.29 is 47.6 Å². The van der Waals surface area contributed by atoms with E-state index in [0.717, 1.165) is 18.1 Å². The van der Waals surface area contributed by atoms with Gasteiger partial charge in [0.2, 0.25) is 0 Å². The Hall–Kier alpha value is -2.41. The molecule has 1 aromatic rings. The summed E-state index contributed by atoms with van der Waals surface area (Å²) in [6.07, 6.45) is -3.09. The minimum Gasteiger partial charge on any atom is -0.455 e. The first-order valence-corrected chi connectivity index (χ1v) is 21.5. The summed E-state index contributed by atoms with van der Waals surface area (Å²) in [5.74, 6) is -3.31. The number of allylic oxidation sites excluding steroid dienone is 1. The molecule has 0 unspecified atom stereocenters. The van der Waals surface area contributed by atoms with Gasteiger partial charge in [0.25, 0.3) is 0 Å². The summed E-state index contributed by atoms with van der Waals surface area (Å²) in [5.41, 5.74) is -4.06. The first kappa shape index (κ1) is 38.3. The average molecular weight is 727 g/mol. The van der Waals surface area contributed by atoms with E-state index in [-0.39, 0.29) is 25.2 Å². The first-order valence-electron chi connectivity index (χ1n) is 19.0. The number of carbonyl (C=O) groups excluding carboxylic acids is 3. The second kappa shape index (κ2) is 13.2. The molecular formula is C40H58O10Si. The molecular weight excluding hydrogens is 669 g/mol. The Morgan fingerprint density at radius 2 is 1.63 bits per heavy atom. The molecule has 4 fully saturated rings. The van der Waals surface area contributed by atoms with E-state index >= 15 is 0 Å². The number of fused-ring (bicyclic) bond motifs is 8. The molecule has 3 aliphatic carbocycles. The van der Waals surface area contributed by atoms with Crippen LogP contribution in [-0.2, 0) is 37.7 Å². The second-order valence-electron chi connectivity index (χ2n) is 16.8. The average Bonchev–Trinajstić information content (AvgIpc) is 3.40. The third-order valence-corrected chi connectivity index (χ3v) is 18.1. The zero-order chi connectivity index (χ0) is 37.4. The number of rotatable bonds is 10. The van der Waals surface area contributed by atoms with Gasteiger partial charge in [-0.05, 0) is 68.6 Å². The van der Waals surface area contributed by atoms with Gasteiger partial charge >= 0.3 is 11.9 Å². The van der Waals surface area contributed by atoms with Crippen molar-refractivity contribution in [2.24, 2.45) is 16.7 Å². The molecule has 6 rings (SSSR count).